The highest BCUT2D eigenvalue weighted by atomic mass is 33.1. The molecule has 0 unspecified atom stereocenters. The van der Waals surface area contributed by atoms with Crippen molar-refractivity contribution in [2.45, 2.75) is 6.10 Å². The van der Waals surface area contributed by atoms with Crippen LogP contribution < -0.4 is 9.47 Å². The van der Waals surface area contributed by atoms with Gasteiger partial charge in [0.25, 0.3) is 0 Å². The second-order valence-electron chi connectivity index (χ2n) is 3.66. The van der Waals surface area contributed by atoms with Crippen LogP contribution >= 0.6 is 21.6 Å². The lowest BCUT2D eigenvalue weighted by Gasteiger charge is -2.13. The Labute approximate surface area is 114 Å². The van der Waals surface area contributed by atoms with Crippen LogP contribution in [0.4, 0.5) is 0 Å². The Morgan fingerprint density at radius 2 is 1.94 bits per heavy atom. The maximum absolute atomic E-state index is 12.0. The van der Waals surface area contributed by atoms with Crippen molar-refractivity contribution in [3.63, 3.8) is 0 Å². The standard InChI is InChI=1S/C12H14O4S2/c1-14-8-3-4-10(11(5-8)15-2)12(13)16-9-6-17-18-7-9/h3-5,9H,6-7H2,1-2H3. The zero-order chi connectivity index (χ0) is 13.0. The number of hydrogen-bond donors (Lipinski definition) is 0. The molecular formula is C12H14O4S2. The lowest BCUT2D eigenvalue weighted by atomic mass is 10.2. The molecule has 0 atom stereocenters. The first-order chi connectivity index (χ1) is 8.74. The highest BCUT2D eigenvalue weighted by Crippen LogP contribution is 2.33. The number of benzene rings is 1. The lowest BCUT2D eigenvalue weighted by Crippen LogP contribution is -2.20. The van der Waals surface area contributed by atoms with Gasteiger partial charge in [0.15, 0.2) is 0 Å². The predicted molar refractivity (Wildman–Crippen MR) is 73.7 cm³/mol. The number of ether oxygens (including phenoxy) is 3. The summed E-state index contributed by atoms with van der Waals surface area (Å²) in [4.78, 5) is 12.0. The van der Waals surface area contributed by atoms with Gasteiger partial charge in [0.1, 0.15) is 23.2 Å². The first kappa shape index (κ1) is 13.4. The molecule has 0 spiro atoms. The maximum Gasteiger partial charge on any atom is 0.342 e. The van der Waals surface area contributed by atoms with Crippen molar-refractivity contribution in [1.29, 1.82) is 0 Å². The molecule has 0 aliphatic carbocycles. The van der Waals surface area contributed by atoms with E-state index < -0.39 is 0 Å². The summed E-state index contributed by atoms with van der Waals surface area (Å²) in [5, 5.41) is 0. The third-order valence-electron chi connectivity index (χ3n) is 2.49. The van der Waals surface area contributed by atoms with Crippen LogP contribution in [0, 0.1) is 0 Å². The topological polar surface area (TPSA) is 44.8 Å². The van der Waals surface area contributed by atoms with E-state index in [0.717, 1.165) is 11.5 Å². The van der Waals surface area contributed by atoms with E-state index in [1.54, 1.807) is 46.9 Å². The van der Waals surface area contributed by atoms with Crippen molar-refractivity contribution in [3.8, 4) is 11.5 Å². The SMILES string of the molecule is COc1ccc(C(=O)OC2CSSC2)c(OC)c1. The molecule has 1 heterocycles. The number of hydrogen-bond acceptors (Lipinski definition) is 6. The zero-order valence-electron chi connectivity index (χ0n) is 10.2. The van der Waals surface area contributed by atoms with Crippen LogP contribution in [0.3, 0.4) is 0 Å². The van der Waals surface area contributed by atoms with Gasteiger partial charge >= 0.3 is 5.97 Å². The second-order valence-corrected chi connectivity index (χ2v) is 6.21. The van der Waals surface area contributed by atoms with Gasteiger partial charge < -0.3 is 14.2 Å². The molecule has 98 valence electrons. The summed E-state index contributed by atoms with van der Waals surface area (Å²) in [7, 11) is 6.54. The minimum atomic E-state index is -0.345. The Bertz CT molecular complexity index is 430. The molecule has 6 heteroatoms. The Hall–Kier alpha value is -1.01. The molecule has 0 amide bonds. The third kappa shape index (κ3) is 3.05. The molecule has 4 nitrogen and oxygen atoms in total. The summed E-state index contributed by atoms with van der Waals surface area (Å²) in [5.74, 6) is 2.46. The summed E-state index contributed by atoms with van der Waals surface area (Å²) >= 11 is 0. The Balaban J connectivity index is 2.13. The molecule has 0 saturated carbocycles. The molecule has 0 radical (unpaired) electrons. The molecule has 1 fully saturated rings. The van der Waals surface area contributed by atoms with Crippen molar-refractivity contribution in [1.82, 2.24) is 0 Å². The zero-order valence-corrected chi connectivity index (χ0v) is 11.8. The van der Waals surface area contributed by atoms with Crippen LogP contribution in [0.15, 0.2) is 18.2 Å². The van der Waals surface area contributed by atoms with Gasteiger partial charge in [-0.1, -0.05) is 21.6 Å². The minimum absolute atomic E-state index is 0.0145. The average molecular weight is 286 g/mol. The molecule has 2 rings (SSSR count). The summed E-state index contributed by atoms with van der Waals surface area (Å²) in [5.41, 5.74) is 0.431. The molecule has 0 N–H and O–H groups in total. The van der Waals surface area contributed by atoms with Crippen LogP contribution in [0.1, 0.15) is 10.4 Å². The van der Waals surface area contributed by atoms with Crippen LogP contribution in [-0.4, -0.2) is 37.8 Å². The first-order valence-corrected chi connectivity index (χ1v) is 7.91. The Morgan fingerprint density at radius 1 is 1.22 bits per heavy atom. The summed E-state index contributed by atoms with van der Waals surface area (Å²) < 4.78 is 15.7. The molecule has 1 aliphatic heterocycles. The van der Waals surface area contributed by atoms with E-state index in [-0.39, 0.29) is 12.1 Å². The van der Waals surface area contributed by atoms with E-state index in [1.807, 2.05) is 0 Å². The summed E-state index contributed by atoms with van der Waals surface area (Å²) in [6.45, 7) is 0. The number of carbonyl (C=O) groups is 1. The van der Waals surface area contributed by atoms with Crippen LogP contribution in [0.25, 0.3) is 0 Å². The van der Waals surface area contributed by atoms with E-state index in [1.165, 1.54) is 7.11 Å². The molecule has 1 aliphatic rings. The van der Waals surface area contributed by atoms with Crippen LogP contribution in [0.5, 0.6) is 11.5 Å². The normalized spacial score (nSPS) is 15.4. The maximum atomic E-state index is 12.0. The quantitative estimate of drug-likeness (QED) is 0.626. The lowest BCUT2D eigenvalue weighted by molar-refractivity contribution is 0.0393. The molecule has 1 saturated heterocycles. The van der Waals surface area contributed by atoms with E-state index in [2.05, 4.69) is 0 Å². The smallest absolute Gasteiger partial charge is 0.342 e. The second kappa shape index (κ2) is 6.24. The monoisotopic (exact) mass is 286 g/mol. The van der Waals surface area contributed by atoms with Crippen LogP contribution in [-0.2, 0) is 4.74 Å². The van der Waals surface area contributed by atoms with Gasteiger partial charge in [0.2, 0.25) is 0 Å². The van der Waals surface area contributed by atoms with Gasteiger partial charge in [0.05, 0.1) is 14.2 Å². The first-order valence-electron chi connectivity index (χ1n) is 5.42. The van der Waals surface area contributed by atoms with Gasteiger partial charge in [-0.25, -0.2) is 4.79 Å². The fraction of sp³-hybridized carbons (Fsp3) is 0.417. The van der Waals surface area contributed by atoms with Crippen molar-refractivity contribution < 1.29 is 19.0 Å². The van der Waals surface area contributed by atoms with Gasteiger partial charge in [0, 0.05) is 17.6 Å². The highest BCUT2D eigenvalue weighted by molar-refractivity contribution is 8.77. The molecule has 0 aromatic heterocycles. The number of methoxy groups -OCH3 is 2. The highest BCUT2D eigenvalue weighted by Gasteiger charge is 2.23. The fourth-order valence-corrected chi connectivity index (χ4v) is 4.05. The van der Waals surface area contributed by atoms with E-state index >= 15 is 0 Å². The van der Waals surface area contributed by atoms with Crippen molar-refractivity contribution in [3.05, 3.63) is 23.8 Å². The predicted octanol–water partition coefficient (Wildman–Crippen LogP) is 2.62. The van der Waals surface area contributed by atoms with Gasteiger partial charge in [-0.15, -0.1) is 0 Å². The number of rotatable bonds is 4. The van der Waals surface area contributed by atoms with Gasteiger partial charge in [-0.05, 0) is 12.1 Å². The molecule has 0 bridgehead atoms. The molecule has 1 aromatic rings. The van der Waals surface area contributed by atoms with E-state index in [0.29, 0.717) is 17.1 Å². The largest absolute Gasteiger partial charge is 0.497 e. The minimum Gasteiger partial charge on any atom is -0.497 e. The summed E-state index contributed by atoms with van der Waals surface area (Å²) in [6, 6.07) is 5.06. The van der Waals surface area contributed by atoms with Gasteiger partial charge in [-0.2, -0.15) is 0 Å². The number of carbonyl (C=O) groups excluding carboxylic acids is 1. The molecule has 1 aromatic carbocycles. The summed E-state index contributed by atoms with van der Waals surface area (Å²) in [6.07, 6.45) is -0.0145. The Morgan fingerprint density at radius 3 is 2.56 bits per heavy atom. The van der Waals surface area contributed by atoms with Crippen molar-refractivity contribution >= 4 is 27.6 Å². The van der Waals surface area contributed by atoms with Crippen molar-refractivity contribution in [2.75, 3.05) is 25.7 Å². The molecular weight excluding hydrogens is 272 g/mol. The van der Waals surface area contributed by atoms with E-state index in [9.17, 15) is 4.79 Å². The number of esters is 1. The van der Waals surface area contributed by atoms with E-state index in [4.69, 9.17) is 14.2 Å². The van der Waals surface area contributed by atoms with Gasteiger partial charge in [-0.3, -0.25) is 0 Å². The fourth-order valence-electron chi connectivity index (χ4n) is 1.55. The Kier molecular flexibility index (Phi) is 4.66. The van der Waals surface area contributed by atoms with Crippen LogP contribution in [0.2, 0.25) is 0 Å². The van der Waals surface area contributed by atoms with Crippen molar-refractivity contribution in [2.24, 2.45) is 0 Å². The molecule has 18 heavy (non-hydrogen) atoms. The third-order valence-corrected chi connectivity index (χ3v) is 4.99. The average Bonchev–Trinajstić information content (AvgIpc) is 2.90.